The van der Waals surface area contributed by atoms with Crippen molar-refractivity contribution >= 4 is 28.3 Å². The summed E-state index contributed by atoms with van der Waals surface area (Å²) in [7, 11) is 0. The van der Waals surface area contributed by atoms with E-state index in [2.05, 4.69) is 10.3 Å². The maximum absolute atomic E-state index is 12.9. The highest BCUT2D eigenvalue weighted by Crippen LogP contribution is 2.33. The molecule has 2 aromatic rings. The number of hydrogen-bond donors (Lipinski definition) is 1. The molecule has 132 valence electrons. The molecular formula is C17H16F3N3O2. The van der Waals surface area contributed by atoms with Crippen molar-refractivity contribution in [1.82, 2.24) is 9.88 Å². The molecule has 2 amide bonds. The number of hydrogen-bond acceptors (Lipinski definition) is 3. The van der Waals surface area contributed by atoms with Gasteiger partial charge in [0.25, 0.3) is 0 Å². The molecule has 1 saturated heterocycles. The van der Waals surface area contributed by atoms with Crippen molar-refractivity contribution in [1.29, 1.82) is 0 Å². The van der Waals surface area contributed by atoms with E-state index in [4.69, 9.17) is 0 Å². The summed E-state index contributed by atoms with van der Waals surface area (Å²) in [4.78, 5) is 29.4. The molecular weight excluding hydrogens is 335 g/mol. The third kappa shape index (κ3) is 3.72. The van der Waals surface area contributed by atoms with Crippen LogP contribution in [0.25, 0.3) is 10.8 Å². The lowest BCUT2D eigenvalue weighted by Gasteiger charge is -2.33. The third-order valence-corrected chi connectivity index (χ3v) is 4.29. The number of amides is 2. The number of pyridine rings is 1. The SMILES string of the molecule is O=C(Nc1cccc2cnccc12)C(=O)N1CCC[C@@H](C(F)(F)F)C1. The standard InChI is InChI=1S/C17H16F3N3O2/c18-17(19,20)12-4-2-8-23(10-12)16(25)15(24)22-14-5-1-3-11-9-21-7-6-13(11)14/h1,3,5-7,9,12H,2,4,8,10H2,(H,22,24)/t12-/m1/s1. The predicted octanol–water partition coefficient (Wildman–Crippen LogP) is 2.97. The van der Waals surface area contributed by atoms with E-state index in [0.717, 1.165) is 10.3 Å². The Bertz CT molecular complexity index is 802. The molecule has 0 saturated carbocycles. The smallest absolute Gasteiger partial charge is 0.334 e. The van der Waals surface area contributed by atoms with Crippen molar-refractivity contribution in [3.8, 4) is 0 Å². The van der Waals surface area contributed by atoms with Crippen LogP contribution in [0.2, 0.25) is 0 Å². The number of alkyl halides is 3. The Labute approximate surface area is 141 Å². The molecule has 5 nitrogen and oxygen atoms in total. The summed E-state index contributed by atoms with van der Waals surface area (Å²) >= 11 is 0. The van der Waals surface area contributed by atoms with Crippen LogP contribution in [0.5, 0.6) is 0 Å². The Kier molecular flexibility index (Phi) is 4.61. The van der Waals surface area contributed by atoms with E-state index in [-0.39, 0.29) is 19.4 Å². The summed E-state index contributed by atoms with van der Waals surface area (Å²) in [5, 5.41) is 3.98. The van der Waals surface area contributed by atoms with Crippen LogP contribution < -0.4 is 5.32 Å². The number of nitrogens with one attached hydrogen (secondary N) is 1. The van der Waals surface area contributed by atoms with Crippen molar-refractivity contribution in [2.45, 2.75) is 19.0 Å². The first-order chi connectivity index (χ1) is 11.9. The molecule has 0 radical (unpaired) electrons. The van der Waals surface area contributed by atoms with Gasteiger partial charge in [-0.3, -0.25) is 14.6 Å². The molecule has 0 aliphatic carbocycles. The number of halogens is 3. The number of nitrogens with zero attached hydrogens (tertiary/aromatic N) is 2. The number of rotatable bonds is 1. The van der Waals surface area contributed by atoms with Crippen LogP contribution in [0.3, 0.4) is 0 Å². The summed E-state index contributed by atoms with van der Waals surface area (Å²) < 4.78 is 38.6. The van der Waals surface area contributed by atoms with Gasteiger partial charge >= 0.3 is 18.0 Å². The first-order valence-electron chi connectivity index (χ1n) is 7.86. The minimum Gasteiger partial charge on any atom is -0.334 e. The number of fused-ring (bicyclic) bond motifs is 1. The summed E-state index contributed by atoms with van der Waals surface area (Å²) in [6.45, 7) is -0.326. The van der Waals surface area contributed by atoms with Gasteiger partial charge in [0, 0.05) is 41.9 Å². The topological polar surface area (TPSA) is 62.3 Å². The fourth-order valence-corrected chi connectivity index (χ4v) is 2.98. The van der Waals surface area contributed by atoms with Crippen molar-refractivity contribution in [2.24, 2.45) is 5.92 Å². The molecule has 1 aliphatic heterocycles. The lowest BCUT2D eigenvalue weighted by atomic mass is 9.97. The maximum Gasteiger partial charge on any atom is 0.393 e. The van der Waals surface area contributed by atoms with Gasteiger partial charge in [0.05, 0.1) is 5.92 Å². The number of piperidine rings is 1. The van der Waals surface area contributed by atoms with Crippen LogP contribution in [0.1, 0.15) is 12.8 Å². The number of carbonyl (C=O) groups excluding carboxylic acids is 2. The Morgan fingerprint density at radius 1 is 1.24 bits per heavy atom. The van der Waals surface area contributed by atoms with Crippen molar-refractivity contribution in [2.75, 3.05) is 18.4 Å². The van der Waals surface area contributed by atoms with E-state index < -0.39 is 30.5 Å². The highest BCUT2D eigenvalue weighted by atomic mass is 19.4. The molecule has 8 heteroatoms. The zero-order valence-electron chi connectivity index (χ0n) is 13.2. The van der Waals surface area contributed by atoms with Gasteiger partial charge in [-0.1, -0.05) is 12.1 Å². The van der Waals surface area contributed by atoms with Crippen molar-refractivity contribution in [3.05, 3.63) is 36.7 Å². The minimum absolute atomic E-state index is 0.0226. The minimum atomic E-state index is -4.36. The number of carbonyl (C=O) groups is 2. The highest BCUT2D eigenvalue weighted by molar-refractivity contribution is 6.40. The molecule has 0 unspecified atom stereocenters. The maximum atomic E-state index is 12.9. The third-order valence-electron chi connectivity index (χ3n) is 4.29. The van der Waals surface area contributed by atoms with Crippen LogP contribution in [-0.2, 0) is 9.59 Å². The number of likely N-dealkylation sites (tertiary alicyclic amines) is 1. The van der Waals surface area contributed by atoms with E-state index in [1.54, 1.807) is 36.7 Å². The van der Waals surface area contributed by atoms with Crippen LogP contribution >= 0.6 is 0 Å². The highest BCUT2D eigenvalue weighted by Gasteiger charge is 2.43. The summed E-state index contributed by atoms with van der Waals surface area (Å²) in [5.74, 6) is -3.46. The van der Waals surface area contributed by atoms with E-state index in [1.165, 1.54) is 0 Å². The number of anilines is 1. The van der Waals surface area contributed by atoms with Gasteiger partial charge in [-0.05, 0) is 25.0 Å². The van der Waals surface area contributed by atoms with Gasteiger partial charge in [-0.25, -0.2) is 0 Å². The zero-order valence-corrected chi connectivity index (χ0v) is 13.2. The first kappa shape index (κ1) is 17.2. The van der Waals surface area contributed by atoms with Gasteiger partial charge in [0.1, 0.15) is 0 Å². The quantitative estimate of drug-likeness (QED) is 0.804. The molecule has 0 spiro atoms. The molecule has 1 N–H and O–H groups in total. The fraction of sp³-hybridized carbons (Fsp3) is 0.353. The molecule has 1 aromatic carbocycles. The van der Waals surface area contributed by atoms with Gasteiger partial charge in [0.15, 0.2) is 0 Å². The molecule has 3 rings (SSSR count). The molecule has 25 heavy (non-hydrogen) atoms. The van der Waals surface area contributed by atoms with Crippen LogP contribution in [-0.4, -0.2) is 41.0 Å². The van der Waals surface area contributed by atoms with Crippen molar-refractivity contribution in [3.63, 3.8) is 0 Å². The average molecular weight is 351 g/mol. The van der Waals surface area contributed by atoms with Crippen molar-refractivity contribution < 1.29 is 22.8 Å². The second-order valence-corrected chi connectivity index (χ2v) is 5.99. The summed E-state index contributed by atoms with van der Waals surface area (Å²) in [5.41, 5.74) is 0.419. The van der Waals surface area contributed by atoms with E-state index in [1.807, 2.05) is 0 Å². The Morgan fingerprint density at radius 3 is 2.80 bits per heavy atom. The van der Waals surface area contributed by atoms with Gasteiger partial charge in [0.2, 0.25) is 0 Å². The van der Waals surface area contributed by atoms with E-state index >= 15 is 0 Å². The predicted molar refractivity (Wildman–Crippen MR) is 85.7 cm³/mol. The molecule has 1 atom stereocenters. The second kappa shape index (κ2) is 6.70. The van der Waals surface area contributed by atoms with Crippen LogP contribution in [0.15, 0.2) is 36.7 Å². The second-order valence-electron chi connectivity index (χ2n) is 5.99. The van der Waals surface area contributed by atoms with Gasteiger partial charge in [-0.2, -0.15) is 13.2 Å². The Balaban J connectivity index is 1.73. The molecule has 1 fully saturated rings. The zero-order chi connectivity index (χ0) is 18.0. The number of aromatic nitrogens is 1. The normalized spacial score (nSPS) is 18.2. The van der Waals surface area contributed by atoms with Crippen LogP contribution in [0.4, 0.5) is 18.9 Å². The Hall–Kier alpha value is -2.64. The first-order valence-corrected chi connectivity index (χ1v) is 7.86. The van der Waals surface area contributed by atoms with E-state index in [9.17, 15) is 22.8 Å². The molecule has 1 aromatic heterocycles. The Morgan fingerprint density at radius 2 is 2.04 bits per heavy atom. The molecule has 1 aliphatic rings. The van der Waals surface area contributed by atoms with Gasteiger partial charge in [-0.15, -0.1) is 0 Å². The van der Waals surface area contributed by atoms with E-state index in [0.29, 0.717) is 11.1 Å². The van der Waals surface area contributed by atoms with Crippen LogP contribution in [0, 0.1) is 5.92 Å². The fourth-order valence-electron chi connectivity index (χ4n) is 2.98. The molecule has 0 bridgehead atoms. The average Bonchev–Trinajstić information content (AvgIpc) is 2.61. The largest absolute Gasteiger partial charge is 0.393 e. The monoisotopic (exact) mass is 351 g/mol. The molecule has 2 heterocycles. The number of benzene rings is 1. The van der Waals surface area contributed by atoms with Gasteiger partial charge < -0.3 is 10.2 Å². The summed E-state index contributed by atoms with van der Waals surface area (Å²) in [6.07, 6.45) is -0.990. The lowest BCUT2D eigenvalue weighted by Crippen LogP contribution is -2.48. The summed E-state index contributed by atoms with van der Waals surface area (Å²) in [6, 6.07) is 6.82. The lowest BCUT2D eigenvalue weighted by molar-refractivity contribution is -0.188.